The first-order valence-electron chi connectivity index (χ1n) is 4.47. The summed E-state index contributed by atoms with van der Waals surface area (Å²) in [4.78, 5) is 3.86. The highest BCUT2D eigenvalue weighted by molar-refractivity contribution is 6.31. The normalized spacial score (nSPS) is 19.2. The van der Waals surface area contributed by atoms with Crippen molar-refractivity contribution in [2.24, 2.45) is 10.9 Å². The number of pyridine rings is 1. The van der Waals surface area contributed by atoms with E-state index in [9.17, 15) is 4.39 Å². The van der Waals surface area contributed by atoms with Crippen LogP contribution >= 0.6 is 11.6 Å². The lowest BCUT2D eigenvalue weighted by Gasteiger charge is -2.34. The first kappa shape index (κ1) is 11.1. The van der Waals surface area contributed by atoms with Crippen LogP contribution in [0.2, 0.25) is 5.02 Å². The average molecular weight is 246 g/mol. The van der Waals surface area contributed by atoms with Gasteiger partial charge in [0.2, 0.25) is 0 Å². The van der Waals surface area contributed by atoms with Crippen LogP contribution in [0.15, 0.2) is 17.4 Å². The molecule has 16 heavy (non-hydrogen) atoms. The van der Waals surface area contributed by atoms with E-state index in [1.54, 1.807) is 0 Å². The fraction of sp³-hybridized carbons (Fsp3) is 0.333. The standard InChI is InChI=1S/C9H9ClFN3O2/c10-6-1-7(8(12)14-15)13-2-5(6)9(11)3-16-4-9/h1-2,15H,3-4H2,(H2,12,14). The summed E-state index contributed by atoms with van der Waals surface area (Å²) in [6.45, 7) is -0.0609. The van der Waals surface area contributed by atoms with E-state index in [-0.39, 0.29) is 35.3 Å². The number of ether oxygens (including phenoxy) is 1. The molecule has 0 atom stereocenters. The topological polar surface area (TPSA) is 80.7 Å². The van der Waals surface area contributed by atoms with E-state index in [1.165, 1.54) is 12.3 Å². The summed E-state index contributed by atoms with van der Waals surface area (Å²) in [7, 11) is 0. The molecule has 1 aliphatic rings. The summed E-state index contributed by atoms with van der Waals surface area (Å²) in [5.41, 5.74) is 4.21. The SMILES string of the molecule is NC(=NO)c1cc(Cl)c(C2(F)COC2)cn1. The zero-order valence-corrected chi connectivity index (χ0v) is 8.91. The van der Waals surface area contributed by atoms with Gasteiger partial charge in [0, 0.05) is 11.8 Å². The van der Waals surface area contributed by atoms with Gasteiger partial charge in [0.25, 0.3) is 0 Å². The molecule has 1 aromatic heterocycles. The molecular weight excluding hydrogens is 237 g/mol. The lowest BCUT2D eigenvalue weighted by Crippen LogP contribution is -2.43. The van der Waals surface area contributed by atoms with Gasteiger partial charge in [-0.05, 0) is 6.07 Å². The lowest BCUT2D eigenvalue weighted by atomic mass is 9.95. The van der Waals surface area contributed by atoms with Gasteiger partial charge >= 0.3 is 0 Å². The number of oxime groups is 1. The van der Waals surface area contributed by atoms with E-state index < -0.39 is 5.67 Å². The molecule has 86 valence electrons. The Morgan fingerprint density at radius 1 is 1.69 bits per heavy atom. The molecule has 0 radical (unpaired) electrons. The second-order valence-electron chi connectivity index (χ2n) is 3.49. The van der Waals surface area contributed by atoms with Crippen LogP contribution in [0.5, 0.6) is 0 Å². The smallest absolute Gasteiger partial charge is 0.188 e. The van der Waals surface area contributed by atoms with Crippen molar-refractivity contribution in [2.75, 3.05) is 13.2 Å². The molecule has 2 heterocycles. The molecule has 0 aromatic carbocycles. The molecule has 1 aromatic rings. The van der Waals surface area contributed by atoms with E-state index in [4.69, 9.17) is 27.3 Å². The van der Waals surface area contributed by atoms with Crippen molar-refractivity contribution in [3.05, 3.63) is 28.5 Å². The van der Waals surface area contributed by atoms with Gasteiger partial charge in [0.05, 0.1) is 18.2 Å². The lowest BCUT2D eigenvalue weighted by molar-refractivity contribution is -0.135. The monoisotopic (exact) mass is 245 g/mol. The number of aromatic nitrogens is 1. The second-order valence-corrected chi connectivity index (χ2v) is 3.90. The largest absolute Gasteiger partial charge is 0.409 e. The molecule has 0 saturated carbocycles. The van der Waals surface area contributed by atoms with E-state index in [1.807, 2.05) is 0 Å². The molecular formula is C9H9ClFN3O2. The van der Waals surface area contributed by atoms with Crippen molar-refractivity contribution < 1.29 is 14.3 Å². The average Bonchev–Trinajstić information content (AvgIpc) is 2.24. The fourth-order valence-electron chi connectivity index (χ4n) is 1.39. The molecule has 0 bridgehead atoms. The Labute approximate surface area is 95.7 Å². The summed E-state index contributed by atoms with van der Waals surface area (Å²) >= 11 is 5.90. The molecule has 1 saturated heterocycles. The minimum absolute atomic E-state index is 0.0304. The van der Waals surface area contributed by atoms with Crippen LogP contribution in [0.3, 0.4) is 0 Å². The first-order chi connectivity index (χ1) is 7.57. The number of rotatable bonds is 2. The van der Waals surface area contributed by atoms with Gasteiger partial charge in [-0.1, -0.05) is 16.8 Å². The van der Waals surface area contributed by atoms with Crippen molar-refractivity contribution in [3.8, 4) is 0 Å². The van der Waals surface area contributed by atoms with Crippen molar-refractivity contribution in [1.29, 1.82) is 0 Å². The van der Waals surface area contributed by atoms with Crippen molar-refractivity contribution in [1.82, 2.24) is 4.98 Å². The van der Waals surface area contributed by atoms with Crippen LogP contribution in [0, 0.1) is 0 Å². The molecule has 0 unspecified atom stereocenters. The molecule has 0 amide bonds. The number of nitrogens with zero attached hydrogens (tertiary/aromatic N) is 2. The third-order valence-electron chi connectivity index (χ3n) is 2.37. The van der Waals surface area contributed by atoms with Crippen molar-refractivity contribution in [2.45, 2.75) is 5.67 Å². The number of hydrogen-bond donors (Lipinski definition) is 2. The van der Waals surface area contributed by atoms with E-state index in [0.717, 1.165) is 0 Å². The van der Waals surface area contributed by atoms with Crippen LogP contribution in [-0.2, 0) is 10.4 Å². The number of halogens is 2. The number of hydrogen-bond acceptors (Lipinski definition) is 4. The molecule has 3 N–H and O–H groups in total. The Kier molecular flexibility index (Phi) is 2.69. The van der Waals surface area contributed by atoms with E-state index in [2.05, 4.69) is 10.1 Å². The van der Waals surface area contributed by atoms with Gasteiger partial charge in [0.1, 0.15) is 5.69 Å². The maximum absolute atomic E-state index is 14.0. The van der Waals surface area contributed by atoms with Crippen LogP contribution in [0.4, 0.5) is 4.39 Å². The maximum atomic E-state index is 14.0. The van der Waals surface area contributed by atoms with Crippen LogP contribution in [0.1, 0.15) is 11.3 Å². The molecule has 7 heteroatoms. The Morgan fingerprint density at radius 3 is 2.81 bits per heavy atom. The predicted octanol–water partition coefficient (Wildman–Crippen LogP) is 1.02. The van der Waals surface area contributed by atoms with E-state index >= 15 is 0 Å². The van der Waals surface area contributed by atoms with Gasteiger partial charge in [-0.2, -0.15) is 0 Å². The number of nitrogens with two attached hydrogens (primary N) is 1. The second kappa shape index (κ2) is 3.88. The summed E-state index contributed by atoms with van der Waals surface area (Å²) in [6, 6.07) is 1.35. The van der Waals surface area contributed by atoms with E-state index in [0.29, 0.717) is 0 Å². The predicted molar refractivity (Wildman–Crippen MR) is 55.4 cm³/mol. The number of amidine groups is 1. The fourth-order valence-corrected chi connectivity index (χ4v) is 1.71. The van der Waals surface area contributed by atoms with Crippen LogP contribution in [-0.4, -0.2) is 29.2 Å². The van der Waals surface area contributed by atoms with Gasteiger partial charge in [-0.25, -0.2) is 4.39 Å². The van der Waals surface area contributed by atoms with Crippen LogP contribution < -0.4 is 5.73 Å². The van der Waals surface area contributed by atoms with Gasteiger partial charge < -0.3 is 15.7 Å². The highest BCUT2D eigenvalue weighted by atomic mass is 35.5. The third-order valence-corrected chi connectivity index (χ3v) is 2.68. The molecule has 0 spiro atoms. The Morgan fingerprint density at radius 2 is 2.38 bits per heavy atom. The van der Waals surface area contributed by atoms with Crippen molar-refractivity contribution >= 4 is 17.4 Å². The summed E-state index contributed by atoms with van der Waals surface area (Å²) < 4.78 is 18.8. The molecule has 1 aliphatic heterocycles. The Balaban J connectivity index is 2.37. The quantitative estimate of drug-likeness (QED) is 0.353. The third kappa shape index (κ3) is 1.70. The van der Waals surface area contributed by atoms with Gasteiger partial charge in [-0.15, -0.1) is 0 Å². The van der Waals surface area contributed by atoms with Gasteiger partial charge in [-0.3, -0.25) is 4.98 Å². The Bertz CT molecular complexity index is 448. The van der Waals surface area contributed by atoms with Crippen molar-refractivity contribution in [3.63, 3.8) is 0 Å². The minimum atomic E-state index is -1.58. The minimum Gasteiger partial charge on any atom is -0.409 e. The zero-order valence-electron chi connectivity index (χ0n) is 8.15. The highest BCUT2D eigenvalue weighted by Gasteiger charge is 2.42. The molecule has 0 aliphatic carbocycles. The molecule has 5 nitrogen and oxygen atoms in total. The Hall–Kier alpha value is -1.40. The molecule has 2 rings (SSSR count). The molecule has 1 fully saturated rings. The van der Waals surface area contributed by atoms with Crippen LogP contribution in [0.25, 0.3) is 0 Å². The summed E-state index contributed by atoms with van der Waals surface area (Å²) in [5, 5.41) is 11.4. The summed E-state index contributed by atoms with van der Waals surface area (Å²) in [5.74, 6) is -0.175. The highest BCUT2D eigenvalue weighted by Crippen LogP contribution is 2.37. The first-order valence-corrected chi connectivity index (χ1v) is 4.85. The number of alkyl halides is 1. The maximum Gasteiger partial charge on any atom is 0.188 e. The summed E-state index contributed by atoms with van der Waals surface area (Å²) in [6.07, 6.45) is 1.28. The zero-order chi connectivity index (χ0) is 11.8. The van der Waals surface area contributed by atoms with Gasteiger partial charge in [0.15, 0.2) is 11.5 Å².